The van der Waals surface area contributed by atoms with Gasteiger partial charge in [-0.2, -0.15) is 0 Å². The second kappa shape index (κ2) is 8.94. The molecule has 0 atom stereocenters. The maximum atomic E-state index is 12.9. The van der Waals surface area contributed by atoms with Crippen molar-refractivity contribution in [2.45, 2.75) is 91.2 Å². The van der Waals surface area contributed by atoms with E-state index in [0.29, 0.717) is 25.4 Å². The Kier molecular flexibility index (Phi) is 7.12. The normalized spacial score (nSPS) is 15.6. The molecule has 0 radical (unpaired) electrons. The van der Waals surface area contributed by atoms with E-state index in [-0.39, 0.29) is 11.9 Å². The zero-order chi connectivity index (χ0) is 20.2. The van der Waals surface area contributed by atoms with Gasteiger partial charge in [-0.25, -0.2) is 0 Å². The fourth-order valence-corrected chi connectivity index (χ4v) is 4.06. The first-order valence-corrected chi connectivity index (χ1v) is 10.3. The van der Waals surface area contributed by atoms with E-state index >= 15 is 0 Å². The van der Waals surface area contributed by atoms with Gasteiger partial charge in [-0.3, -0.25) is 9.59 Å². The van der Waals surface area contributed by atoms with Gasteiger partial charge in [-0.05, 0) is 59.9 Å². The van der Waals surface area contributed by atoms with Gasteiger partial charge in [0.15, 0.2) is 0 Å². The van der Waals surface area contributed by atoms with Gasteiger partial charge in [0.25, 0.3) is 5.91 Å². The summed E-state index contributed by atoms with van der Waals surface area (Å²) in [6.45, 7) is 10.3. The van der Waals surface area contributed by atoms with Crippen molar-refractivity contribution in [1.82, 2.24) is 9.47 Å². The molecule has 0 unspecified atom stereocenters. The highest BCUT2D eigenvalue weighted by atomic mass is 16.6. The number of hydrogen-bond acceptors (Lipinski definition) is 3. The molecule has 1 amide bonds. The fourth-order valence-electron chi connectivity index (χ4n) is 4.06. The van der Waals surface area contributed by atoms with Gasteiger partial charge in [0.1, 0.15) is 5.60 Å². The van der Waals surface area contributed by atoms with Crippen LogP contribution in [0.25, 0.3) is 0 Å². The van der Waals surface area contributed by atoms with Crippen LogP contribution in [0.2, 0.25) is 0 Å². The van der Waals surface area contributed by atoms with Crippen LogP contribution in [0.3, 0.4) is 0 Å². The van der Waals surface area contributed by atoms with E-state index in [2.05, 4.69) is 18.4 Å². The van der Waals surface area contributed by atoms with E-state index < -0.39 is 5.60 Å². The number of carbonyl (C=O) groups is 2. The summed E-state index contributed by atoms with van der Waals surface area (Å²) in [5.74, 6) is -0.173. The summed E-state index contributed by atoms with van der Waals surface area (Å²) in [5.41, 5.74) is 2.57. The molecule has 2 rings (SSSR count). The molecule has 5 heteroatoms. The summed E-state index contributed by atoms with van der Waals surface area (Å²) in [7, 11) is 1.81. The molecule has 5 nitrogen and oxygen atoms in total. The molecule has 0 spiro atoms. The first-order chi connectivity index (χ1) is 12.6. The van der Waals surface area contributed by atoms with Crippen molar-refractivity contribution in [3.63, 3.8) is 0 Å². The van der Waals surface area contributed by atoms with Crippen molar-refractivity contribution in [1.29, 1.82) is 0 Å². The molecule has 0 aliphatic heterocycles. The predicted molar refractivity (Wildman–Crippen MR) is 108 cm³/mol. The van der Waals surface area contributed by atoms with E-state index in [1.807, 2.05) is 33.9 Å². The minimum Gasteiger partial charge on any atom is -0.460 e. The number of carbonyl (C=O) groups excluding carboxylic acids is 2. The summed E-state index contributed by atoms with van der Waals surface area (Å²) < 4.78 is 7.69. The van der Waals surface area contributed by atoms with Gasteiger partial charge in [0.2, 0.25) is 0 Å². The van der Waals surface area contributed by atoms with Crippen molar-refractivity contribution in [2.75, 3.05) is 13.6 Å². The Balaban J connectivity index is 1.95. The summed E-state index contributed by atoms with van der Waals surface area (Å²) >= 11 is 0. The molecule has 1 aliphatic carbocycles. The molecule has 0 bridgehead atoms. The lowest BCUT2D eigenvalue weighted by Gasteiger charge is -2.26. The molecule has 1 fully saturated rings. The maximum absolute atomic E-state index is 12.9. The molecular weight excluding hydrogens is 340 g/mol. The summed E-state index contributed by atoms with van der Waals surface area (Å²) in [6.07, 6.45) is 7.22. The highest BCUT2D eigenvalue weighted by molar-refractivity contribution is 5.95. The zero-order valence-corrected chi connectivity index (χ0v) is 17.9. The molecule has 1 aromatic rings. The van der Waals surface area contributed by atoms with E-state index in [0.717, 1.165) is 11.3 Å². The second-order valence-corrected chi connectivity index (χ2v) is 8.86. The van der Waals surface area contributed by atoms with Crippen LogP contribution in [0.5, 0.6) is 0 Å². The average molecular weight is 377 g/mol. The average Bonchev–Trinajstić information content (AvgIpc) is 2.87. The van der Waals surface area contributed by atoms with Crippen LogP contribution >= 0.6 is 0 Å². The van der Waals surface area contributed by atoms with Crippen molar-refractivity contribution >= 4 is 11.9 Å². The van der Waals surface area contributed by atoms with Crippen LogP contribution in [-0.2, 0) is 9.53 Å². The molecule has 0 aromatic carbocycles. The largest absolute Gasteiger partial charge is 0.460 e. The smallest absolute Gasteiger partial charge is 0.306 e. The first-order valence-electron chi connectivity index (χ1n) is 10.3. The van der Waals surface area contributed by atoms with Gasteiger partial charge in [0, 0.05) is 37.4 Å². The lowest BCUT2D eigenvalue weighted by molar-refractivity contribution is -0.154. The fraction of sp³-hybridized carbons (Fsp3) is 0.727. The van der Waals surface area contributed by atoms with Crippen LogP contribution < -0.4 is 0 Å². The van der Waals surface area contributed by atoms with Crippen LogP contribution in [-0.4, -0.2) is 40.5 Å². The SMILES string of the molecule is Cc1cc(C(=O)N(C)CCCC(=O)OC(C)(C)C)c(C)n1C1CCCCC1. The van der Waals surface area contributed by atoms with E-state index in [4.69, 9.17) is 4.74 Å². The molecule has 1 aliphatic rings. The highest BCUT2D eigenvalue weighted by Crippen LogP contribution is 2.32. The van der Waals surface area contributed by atoms with Gasteiger partial charge < -0.3 is 14.2 Å². The Morgan fingerprint density at radius 2 is 1.81 bits per heavy atom. The zero-order valence-electron chi connectivity index (χ0n) is 17.9. The second-order valence-electron chi connectivity index (χ2n) is 8.86. The van der Waals surface area contributed by atoms with E-state index in [1.165, 1.54) is 37.8 Å². The Morgan fingerprint density at radius 1 is 1.19 bits per heavy atom. The number of amides is 1. The number of aromatic nitrogens is 1. The predicted octanol–water partition coefficient (Wildman–Crippen LogP) is 4.80. The first kappa shape index (κ1) is 21.5. The van der Waals surface area contributed by atoms with E-state index in [1.54, 1.807) is 4.90 Å². The molecule has 1 saturated carbocycles. The number of ether oxygens (including phenoxy) is 1. The maximum Gasteiger partial charge on any atom is 0.306 e. The third-order valence-corrected chi connectivity index (χ3v) is 5.30. The van der Waals surface area contributed by atoms with Crippen LogP contribution in [0.4, 0.5) is 0 Å². The molecule has 0 saturated heterocycles. The van der Waals surface area contributed by atoms with Crippen LogP contribution in [0, 0.1) is 13.8 Å². The van der Waals surface area contributed by atoms with Crippen LogP contribution in [0.1, 0.15) is 93.5 Å². The summed E-state index contributed by atoms with van der Waals surface area (Å²) in [5, 5.41) is 0. The number of hydrogen-bond donors (Lipinski definition) is 0. The molecule has 0 N–H and O–H groups in total. The number of aryl methyl sites for hydroxylation is 1. The Hall–Kier alpha value is -1.78. The number of rotatable bonds is 6. The molecule has 152 valence electrons. The molecule has 27 heavy (non-hydrogen) atoms. The Bertz CT molecular complexity index is 664. The number of nitrogens with zero attached hydrogens (tertiary/aromatic N) is 2. The third-order valence-electron chi connectivity index (χ3n) is 5.30. The minimum atomic E-state index is -0.463. The van der Waals surface area contributed by atoms with Crippen molar-refractivity contribution < 1.29 is 14.3 Å². The Labute approximate surface area is 164 Å². The standard InChI is InChI=1S/C22H36N2O3/c1-16-15-19(17(2)24(16)18-11-8-7-9-12-18)21(26)23(6)14-10-13-20(25)27-22(3,4)5/h15,18H,7-14H2,1-6H3. The molecule has 1 heterocycles. The monoisotopic (exact) mass is 376 g/mol. The lowest BCUT2D eigenvalue weighted by Crippen LogP contribution is -2.29. The molecule has 1 aromatic heterocycles. The third kappa shape index (κ3) is 5.85. The van der Waals surface area contributed by atoms with Crippen LogP contribution in [0.15, 0.2) is 6.07 Å². The van der Waals surface area contributed by atoms with Crippen molar-refractivity contribution in [3.05, 3.63) is 23.0 Å². The topological polar surface area (TPSA) is 51.5 Å². The van der Waals surface area contributed by atoms with Crippen molar-refractivity contribution in [3.8, 4) is 0 Å². The Morgan fingerprint density at radius 3 is 2.41 bits per heavy atom. The molecular formula is C22H36N2O3. The van der Waals surface area contributed by atoms with Crippen molar-refractivity contribution in [2.24, 2.45) is 0 Å². The highest BCUT2D eigenvalue weighted by Gasteiger charge is 2.24. The quantitative estimate of drug-likeness (QED) is 0.670. The summed E-state index contributed by atoms with van der Waals surface area (Å²) in [6, 6.07) is 2.55. The van der Waals surface area contributed by atoms with E-state index in [9.17, 15) is 9.59 Å². The van der Waals surface area contributed by atoms with Gasteiger partial charge >= 0.3 is 5.97 Å². The van der Waals surface area contributed by atoms with Gasteiger partial charge in [-0.15, -0.1) is 0 Å². The number of esters is 1. The summed E-state index contributed by atoms with van der Waals surface area (Å²) in [4.78, 5) is 26.5. The minimum absolute atomic E-state index is 0.0364. The van der Waals surface area contributed by atoms with Gasteiger partial charge in [-0.1, -0.05) is 19.3 Å². The lowest BCUT2D eigenvalue weighted by atomic mass is 9.95. The van der Waals surface area contributed by atoms with Gasteiger partial charge in [0.05, 0.1) is 5.56 Å².